The van der Waals surface area contributed by atoms with Crippen LogP contribution < -0.4 is 0 Å². The largest absolute Gasteiger partial charge is 0.469 e. The van der Waals surface area contributed by atoms with Crippen LogP contribution in [0, 0.1) is 5.82 Å². The number of benzene rings is 1. The third kappa shape index (κ3) is 3.44. The van der Waals surface area contributed by atoms with Crippen molar-refractivity contribution in [2.24, 2.45) is 0 Å². The highest BCUT2D eigenvalue weighted by Crippen LogP contribution is 2.28. The Hall–Kier alpha value is -2.10. The fourth-order valence-corrected chi connectivity index (χ4v) is 1.95. The quantitative estimate of drug-likeness (QED) is 0.774. The second-order valence-corrected chi connectivity index (χ2v) is 4.13. The van der Waals surface area contributed by atoms with Crippen molar-refractivity contribution in [2.45, 2.75) is 19.3 Å². The van der Waals surface area contributed by atoms with Gasteiger partial charge in [-0.05, 0) is 36.8 Å². The Labute approximate surface area is 111 Å². The number of halogens is 1. The van der Waals surface area contributed by atoms with Crippen LogP contribution in [0.5, 0.6) is 0 Å². The van der Waals surface area contributed by atoms with E-state index in [4.69, 9.17) is 9.15 Å². The van der Waals surface area contributed by atoms with Gasteiger partial charge in [0.1, 0.15) is 11.6 Å². The second-order valence-electron chi connectivity index (χ2n) is 4.13. The van der Waals surface area contributed by atoms with Crippen molar-refractivity contribution in [3.05, 3.63) is 59.8 Å². The predicted molar refractivity (Wildman–Crippen MR) is 68.2 cm³/mol. The van der Waals surface area contributed by atoms with Gasteiger partial charge in [0, 0.05) is 0 Å². The van der Waals surface area contributed by atoms with Crippen LogP contribution in [0.2, 0.25) is 0 Å². The maximum Gasteiger partial charge on any atom is 0.306 e. The molecule has 1 atom stereocenters. The van der Waals surface area contributed by atoms with Gasteiger partial charge >= 0.3 is 5.97 Å². The molecule has 0 saturated carbocycles. The number of ether oxygens (including phenoxy) is 1. The molecule has 2 rings (SSSR count). The Morgan fingerprint density at radius 1 is 1.32 bits per heavy atom. The van der Waals surface area contributed by atoms with Gasteiger partial charge in [0.15, 0.2) is 0 Å². The molecule has 1 aromatic heterocycles. The van der Waals surface area contributed by atoms with Crippen molar-refractivity contribution in [1.29, 1.82) is 0 Å². The molecular formula is C15H15FO3. The monoisotopic (exact) mass is 262 g/mol. The lowest BCUT2D eigenvalue weighted by Crippen LogP contribution is -2.11. The Bertz CT molecular complexity index is 517. The smallest absolute Gasteiger partial charge is 0.306 e. The lowest BCUT2D eigenvalue weighted by molar-refractivity contribution is -0.143. The van der Waals surface area contributed by atoms with Crippen LogP contribution in [0.1, 0.15) is 30.6 Å². The normalized spacial score (nSPS) is 12.1. The molecule has 100 valence electrons. The molecule has 3 nitrogen and oxygen atoms in total. The topological polar surface area (TPSA) is 39.4 Å². The maximum absolute atomic E-state index is 13.0. The van der Waals surface area contributed by atoms with Crippen LogP contribution >= 0.6 is 0 Å². The number of esters is 1. The molecule has 2 aromatic rings. The first-order valence-corrected chi connectivity index (χ1v) is 6.15. The Balaban J connectivity index is 2.24. The average Bonchev–Trinajstić information content (AvgIpc) is 2.91. The second kappa shape index (κ2) is 6.18. The summed E-state index contributed by atoms with van der Waals surface area (Å²) in [6.07, 6.45) is 1.73. The summed E-state index contributed by atoms with van der Waals surface area (Å²) >= 11 is 0. The molecule has 0 spiro atoms. The van der Waals surface area contributed by atoms with Crippen LogP contribution in [-0.2, 0) is 9.53 Å². The summed E-state index contributed by atoms with van der Waals surface area (Å²) < 4.78 is 23.3. The molecule has 1 aromatic carbocycles. The van der Waals surface area contributed by atoms with E-state index in [1.165, 1.54) is 12.1 Å². The van der Waals surface area contributed by atoms with Crippen LogP contribution in [0.4, 0.5) is 4.39 Å². The van der Waals surface area contributed by atoms with Crippen molar-refractivity contribution < 1.29 is 18.3 Å². The van der Waals surface area contributed by atoms with Crippen LogP contribution in [0.3, 0.4) is 0 Å². The van der Waals surface area contributed by atoms with E-state index >= 15 is 0 Å². The third-order valence-corrected chi connectivity index (χ3v) is 2.84. The highest BCUT2D eigenvalue weighted by atomic mass is 19.1. The zero-order chi connectivity index (χ0) is 13.7. The highest BCUT2D eigenvalue weighted by molar-refractivity contribution is 5.71. The molecule has 4 heteroatoms. The Morgan fingerprint density at radius 2 is 2.05 bits per heavy atom. The molecule has 0 N–H and O–H groups in total. The Kier molecular flexibility index (Phi) is 4.34. The molecule has 1 heterocycles. The summed E-state index contributed by atoms with van der Waals surface area (Å²) in [5.74, 6) is -0.194. The van der Waals surface area contributed by atoms with Gasteiger partial charge in [0.25, 0.3) is 0 Å². The molecule has 0 amide bonds. The minimum atomic E-state index is -0.307. The number of carbonyl (C=O) groups excluding carboxylic acids is 1. The van der Waals surface area contributed by atoms with Crippen molar-refractivity contribution in [3.63, 3.8) is 0 Å². The highest BCUT2D eigenvalue weighted by Gasteiger charge is 2.21. The average molecular weight is 262 g/mol. The summed E-state index contributed by atoms with van der Waals surface area (Å²) in [4.78, 5) is 11.7. The van der Waals surface area contributed by atoms with Crippen LogP contribution in [-0.4, -0.2) is 12.6 Å². The molecular weight excluding hydrogens is 247 g/mol. The lowest BCUT2D eigenvalue weighted by Gasteiger charge is -2.14. The lowest BCUT2D eigenvalue weighted by atomic mass is 9.93. The van der Waals surface area contributed by atoms with E-state index in [9.17, 15) is 9.18 Å². The molecule has 19 heavy (non-hydrogen) atoms. The van der Waals surface area contributed by atoms with E-state index in [1.54, 1.807) is 37.5 Å². The van der Waals surface area contributed by atoms with Gasteiger partial charge in [-0.3, -0.25) is 4.79 Å². The first-order valence-electron chi connectivity index (χ1n) is 6.15. The molecule has 0 aliphatic carbocycles. The van der Waals surface area contributed by atoms with E-state index < -0.39 is 0 Å². The van der Waals surface area contributed by atoms with Gasteiger partial charge in [0.05, 0.1) is 25.2 Å². The SMILES string of the molecule is CCOC(=O)CC(c1ccc(F)cc1)c1ccco1. The predicted octanol–water partition coefficient (Wildman–Crippen LogP) is 3.50. The fraction of sp³-hybridized carbons (Fsp3) is 0.267. The minimum absolute atomic E-state index is 0.174. The van der Waals surface area contributed by atoms with Gasteiger partial charge in [-0.15, -0.1) is 0 Å². The summed E-state index contributed by atoms with van der Waals surface area (Å²) in [6, 6.07) is 9.61. The molecule has 0 saturated heterocycles. The fourth-order valence-electron chi connectivity index (χ4n) is 1.95. The first-order chi connectivity index (χ1) is 9.20. The molecule has 1 unspecified atom stereocenters. The number of rotatable bonds is 5. The van der Waals surface area contributed by atoms with Gasteiger partial charge in [0.2, 0.25) is 0 Å². The maximum atomic E-state index is 13.0. The van der Waals surface area contributed by atoms with Crippen LogP contribution in [0.15, 0.2) is 47.1 Å². The third-order valence-electron chi connectivity index (χ3n) is 2.84. The van der Waals surface area contributed by atoms with E-state index in [2.05, 4.69) is 0 Å². The first kappa shape index (κ1) is 13.3. The number of carbonyl (C=O) groups is 1. The summed E-state index contributed by atoms with van der Waals surface area (Å²) in [7, 11) is 0. The van der Waals surface area contributed by atoms with Crippen molar-refractivity contribution in [2.75, 3.05) is 6.61 Å². The van der Waals surface area contributed by atoms with Crippen LogP contribution in [0.25, 0.3) is 0 Å². The van der Waals surface area contributed by atoms with Crippen molar-refractivity contribution in [1.82, 2.24) is 0 Å². The molecule has 0 radical (unpaired) electrons. The zero-order valence-corrected chi connectivity index (χ0v) is 10.6. The van der Waals surface area contributed by atoms with Gasteiger partial charge < -0.3 is 9.15 Å². The van der Waals surface area contributed by atoms with Crippen molar-refractivity contribution in [3.8, 4) is 0 Å². The molecule has 0 aliphatic rings. The van der Waals surface area contributed by atoms with E-state index in [0.717, 1.165) is 5.56 Å². The summed E-state index contributed by atoms with van der Waals surface area (Å²) in [6.45, 7) is 2.10. The van der Waals surface area contributed by atoms with Gasteiger partial charge in [-0.2, -0.15) is 0 Å². The van der Waals surface area contributed by atoms with E-state index in [0.29, 0.717) is 12.4 Å². The molecule has 0 fully saturated rings. The molecule has 0 aliphatic heterocycles. The van der Waals surface area contributed by atoms with E-state index in [-0.39, 0.29) is 24.1 Å². The minimum Gasteiger partial charge on any atom is -0.469 e. The molecule has 0 bridgehead atoms. The standard InChI is InChI=1S/C15H15FO3/c1-2-18-15(17)10-13(14-4-3-9-19-14)11-5-7-12(16)8-6-11/h3-9,13H,2,10H2,1H3. The zero-order valence-electron chi connectivity index (χ0n) is 10.6. The van der Waals surface area contributed by atoms with Crippen molar-refractivity contribution >= 4 is 5.97 Å². The van der Waals surface area contributed by atoms with Gasteiger partial charge in [-0.25, -0.2) is 4.39 Å². The number of furan rings is 1. The Morgan fingerprint density at radius 3 is 2.63 bits per heavy atom. The number of hydrogen-bond acceptors (Lipinski definition) is 3. The number of hydrogen-bond donors (Lipinski definition) is 0. The summed E-state index contributed by atoms with van der Waals surface area (Å²) in [5, 5.41) is 0. The summed E-state index contributed by atoms with van der Waals surface area (Å²) in [5.41, 5.74) is 0.824. The van der Waals surface area contributed by atoms with E-state index in [1.807, 2.05) is 0 Å². The van der Waals surface area contributed by atoms with Gasteiger partial charge in [-0.1, -0.05) is 12.1 Å².